The van der Waals surface area contributed by atoms with Gasteiger partial charge >= 0.3 is 0 Å². The predicted molar refractivity (Wildman–Crippen MR) is 79.2 cm³/mol. The van der Waals surface area contributed by atoms with E-state index in [0.29, 0.717) is 0 Å². The molecule has 1 heterocycles. The van der Waals surface area contributed by atoms with E-state index in [2.05, 4.69) is 39.5 Å². The van der Waals surface area contributed by atoms with Crippen LogP contribution < -0.4 is 9.47 Å². The van der Waals surface area contributed by atoms with Crippen molar-refractivity contribution in [2.75, 3.05) is 14.2 Å². The van der Waals surface area contributed by atoms with Crippen molar-refractivity contribution in [2.24, 2.45) is 0 Å². The molecule has 2 nitrogen and oxygen atoms in total. The summed E-state index contributed by atoms with van der Waals surface area (Å²) >= 11 is 5.51. The van der Waals surface area contributed by atoms with E-state index in [-0.39, 0.29) is 4.83 Å². The van der Waals surface area contributed by atoms with Gasteiger partial charge in [0.1, 0.15) is 0 Å². The molecule has 2 aromatic rings. The van der Waals surface area contributed by atoms with Gasteiger partial charge in [0, 0.05) is 9.70 Å². The molecule has 0 aliphatic heterocycles. The number of hydrogen-bond acceptors (Lipinski definition) is 3. The van der Waals surface area contributed by atoms with Gasteiger partial charge in [-0.25, -0.2) is 0 Å². The van der Waals surface area contributed by atoms with Gasteiger partial charge in [-0.1, -0.05) is 28.1 Å². The van der Waals surface area contributed by atoms with Crippen LogP contribution in [0.3, 0.4) is 0 Å². The van der Waals surface area contributed by atoms with Crippen molar-refractivity contribution in [2.45, 2.75) is 11.2 Å². The molecule has 0 aliphatic rings. The number of hydrogen-bond donors (Lipinski definition) is 0. The van der Waals surface area contributed by atoms with E-state index in [1.807, 2.05) is 12.1 Å². The number of methoxy groups -OCH3 is 2. The van der Waals surface area contributed by atoms with E-state index in [0.717, 1.165) is 17.9 Å². The monoisotopic (exact) mass is 326 g/mol. The van der Waals surface area contributed by atoms with Crippen molar-refractivity contribution in [3.8, 4) is 11.5 Å². The number of benzene rings is 1. The van der Waals surface area contributed by atoms with Crippen LogP contribution in [0, 0.1) is 0 Å². The first-order valence-corrected chi connectivity index (χ1v) is 7.42. The molecule has 0 spiro atoms. The summed E-state index contributed by atoms with van der Waals surface area (Å²) in [6.07, 6.45) is 0.979. The van der Waals surface area contributed by atoms with Gasteiger partial charge in [-0.15, -0.1) is 11.3 Å². The number of rotatable bonds is 5. The predicted octanol–water partition coefficient (Wildman–Crippen LogP) is 4.44. The Morgan fingerprint density at radius 3 is 2.56 bits per heavy atom. The van der Waals surface area contributed by atoms with Crippen LogP contribution in [0.15, 0.2) is 35.7 Å². The molecule has 4 heteroatoms. The number of halogens is 1. The first-order chi connectivity index (χ1) is 8.74. The van der Waals surface area contributed by atoms with Crippen LogP contribution in [-0.2, 0) is 6.42 Å². The van der Waals surface area contributed by atoms with Gasteiger partial charge in [0.2, 0.25) is 0 Å². The average molecular weight is 327 g/mol. The molecule has 18 heavy (non-hydrogen) atoms. The Bertz CT molecular complexity index is 497. The van der Waals surface area contributed by atoms with Crippen molar-refractivity contribution >= 4 is 27.3 Å². The van der Waals surface area contributed by atoms with Crippen LogP contribution in [0.5, 0.6) is 11.5 Å². The van der Waals surface area contributed by atoms with E-state index in [1.54, 1.807) is 25.6 Å². The minimum absolute atomic E-state index is 0.288. The molecule has 0 aliphatic carbocycles. The topological polar surface area (TPSA) is 18.5 Å². The zero-order valence-corrected chi connectivity index (χ0v) is 12.8. The molecule has 0 saturated carbocycles. The van der Waals surface area contributed by atoms with Crippen molar-refractivity contribution in [1.29, 1.82) is 0 Å². The molecule has 1 atom stereocenters. The molecule has 0 amide bonds. The summed E-state index contributed by atoms with van der Waals surface area (Å²) in [5.74, 6) is 1.53. The minimum atomic E-state index is 0.288. The standard InChI is InChI=1S/C14H15BrO2S/c1-16-13-6-5-10(8-14(13)17-2)12(15)9-11-4-3-7-18-11/h3-8,12H,9H2,1-2H3. The smallest absolute Gasteiger partial charge is 0.161 e. The van der Waals surface area contributed by atoms with Gasteiger partial charge < -0.3 is 9.47 Å². The van der Waals surface area contributed by atoms with Gasteiger partial charge in [-0.3, -0.25) is 0 Å². The normalized spacial score (nSPS) is 12.2. The zero-order valence-electron chi connectivity index (χ0n) is 10.4. The Hall–Kier alpha value is -1.00. The summed E-state index contributed by atoms with van der Waals surface area (Å²) in [4.78, 5) is 1.66. The second-order valence-electron chi connectivity index (χ2n) is 3.87. The molecule has 1 aromatic heterocycles. The fourth-order valence-electron chi connectivity index (χ4n) is 1.77. The highest BCUT2D eigenvalue weighted by Gasteiger charge is 2.12. The molecule has 0 radical (unpaired) electrons. The molecular weight excluding hydrogens is 312 g/mol. The first-order valence-electron chi connectivity index (χ1n) is 5.63. The molecule has 1 unspecified atom stereocenters. The van der Waals surface area contributed by atoms with Crippen LogP contribution >= 0.6 is 27.3 Å². The van der Waals surface area contributed by atoms with Crippen molar-refractivity contribution in [3.63, 3.8) is 0 Å². The third-order valence-electron chi connectivity index (χ3n) is 2.73. The third-order valence-corrected chi connectivity index (χ3v) is 4.48. The van der Waals surface area contributed by atoms with Crippen molar-refractivity contribution in [1.82, 2.24) is 0 Å². The Kier molecular flexibility index (Phi) is 4.66. The van der Waals surface area contributed by atoms with Gasteiger partial charge in [0.05, 0.1) is 14.2 Å². The van der Waals surface area contributed by atoms with Crippen molar-refractivity contribution in [3.05, 3.63) is 46.2 Å². The van der Waals surface area contributed by atoms with E-state index < -0.39 is 0 Å². The summed E-state index contributed by atoms with van der Waals surface area (Å²) in [6, 6.07) is 10.3. The summed E-state index contributed by atoms with van der Waals surface area (Å²) < 4.78 is 10.6. The minimum Gasteiger partial charge on any atom is -0.493 e. The van der Waals surface area contributed by atoms with Crippen molar-refractivity contribution < 1.29 is 9.47 Å². The number of ether oxygens (including phenoxy) is 2. The van der Waals surface area contributed by atoms with Crippen LogP contribution in [-0.4, -0.2) is 14.2 Å². The largest absolute Gasteiger partial charge is 0.493 e. The Labute approximate surface area is 120 Å². The fourth-order valence-corrected chi connectivity index (χ4v) is 3.37. The quantitative estimate of drug-likeness (QED) is 0.756. The van der Waals surface area contributed by atoms with E-state index >= 15 is 0 Å². The van der Waals surface area contributed by atoms with Gasteiger partial charge in [-0.05, 0) is 35.6 Å². The molecule has 0 bridgehead atoms. The summed E-state index contributed by atoms with van der Waals surface area (Å²) in [5.41, 5.74) is 1.20. The second-order valence-corrected chi connectivity index (χ2v) is 6.00. The van der Waals surface area contributed by atoms with Gasteiger partial charge in [0.25, 0.3) is 0 Å². The van der Waals surface area contributed by atoms with E-state index in [1.165, 1.54) is 10.4 Å². The molecule has 96 valence electrons. The molecule has 1 aromatic carbocycles. The SMILES string of the molecule is COc1ccc(C(Br)Cc2cccs2)cc1OC. The highest BCUT2D eigenvalue weighted by atomic mass is 79.9. The van der Waals surface area contributed by atoms with E-state index in [9.17, 15) is 0 Å². The zero-order chi connectivity index (χ0) is 13.0. The highest BCUT2D eigenvalue weighted by Crippen LogP contribution is 2.35. The van der Waals surface area contributed by atoms with Crippen LogP contribution in [0.2, 0.25) is 0 Å². The van der Waals surface area contributed by atoms with Crippen LogP contribution in [0.4, 0.5) is 0 Å². The molecule has 2 rings (SSSR count). The lowest BCUT2D eigenvalue weighted by atomic mass is 10.1. The molecule has 0 saturated heterocycles. The maximum Gasteiger partial charge on any atom is 0.161 e. The van der Waals surface area contributed by atoms with Gasteiger partial charge in [0.15, 0.2) is 11.5 Å². The average Bonchev–Trinajstić information content (AvgIpc) is 2.90. The molecule has 0 N–H and O–H groups in total. The lowest BCUT2D eigenvalue weighted by Gasteiger charge is -2.13. The second kappa shape index (κ2) is 6.25. The lowest BCUT2D eigenvalue weighted by molar-refractivity contribution is 0.354. The lowest BCUT2D eigenvalue weighted by Crippen LogP contribution is -1.96. The summed E-state index contributed by atoms with van der Waals surface area (Å²) in [6.45, 7) is 0. The van der Waals surface area contributed by atoms with Crippen LogP contribution in [0.25, 0.3) is 0 Å². The molecule has 0 fully saturated rings. The molecular formula is C14H15BrO2S. The number of alkyl halides is 1. The number of thiophene rings is 1. The Morgan fingerprint density at radius 1 is 1.17 bits per heavy atom. The first kappa shape index (κ1) is 13.4. The maximum absolute atomic E-state index is 5.32. The van der Waals surface area contributed by atoms with Crippen LogP contribution in [0.1, 0.15) is 15.3 Å². The highest BCUT2D eigenvalue weighted by molar-refractivity contribution is 9.09. The van der Waals surface area contributed by atoms with Gasteiger partial charge in [-0.2, -0.15) is 0 Å². The summed E-state index contributed by atoms with van der Waals surface area (Å²) in [7, 11) is 3.30. The van der Waals surface area contributed by atoms with E-state index in [4.69, 9.17) is 9.47 Å². The third kappa shape index (κ3) is 3.06. The maximum atomic E-state index is 5.32. The Balaban J connectivity index is 2.17. The summed E-state index contributed by atoms with van der Waals surface area (Å²) in [5, 5.41) is 2.10. The Morgan fingerprint density at radius 2 is 1.94 bits per heavy atom. The fraction of sp³-hybridized carbons (Fsp3) is 0.286.